The van der Waals surface area contributed by atoms with Crippen molar-refractivity contribution in [2.45, 2.75) is 31.9 Å². The number of piperidine rings is 1. The molecule has 1 fully saturated rings. The first kappa shape index (κ1) is 13.3. The first-order valence-electron chi connectivity index (χ1n) is 6.15. The van der Waals surface area contributed by atoms with Crippen molar-refractivity contribution in [1.82, 2.24) is 15.3 Å². The summed E-state index contributed by atoms with van der Waals surface area (Å²) >= 11 is 0. The number of aryl methyl sites for hydroxylation is 1. The molecule has 2 rings (SSSR count). The van der Waals surface area contributed by atoms with Gasteiger partial charge in [0.15, 0.2) is 0 Å². The second-order valence-corrected chi connectivity index (χ2v) is 4.61. The van der Waals surface area contributed by atoms with E-state index in [0.29, 0.717) is 12.3 Å². The molecule has 0 spiro atoms. The molecule has 0 amide bonds. The predicted molar refractivity (Wildman–Crippen MR) is 60.9 cm³/mol. The summed E-state index contributed by atoms with van der Waals surface area (Å²) in [7, 11) is 0. The number of nitrogens with zero attached hydrogens (tertiary/aromatic N) is 2. The third-order valence-electron chi connectivity index (χ3n) is 3.17. The Hall–Kier alpha value is -1.17. The van der Waals surface area contributed by atoms with Crippen molar-refractivity contribution in [3.63, 3.8) is 0 Å². The minimum absolute atomic E-state index is 0.287. The summed E-state index contributed by atoms with van der Waals surface area (Å²) in [5, 5.41) is 3.29. The predicted octanol–water partition coefficient (Wildman–Crippen LogP) is 2.43. The van der Waals surface area contributed by atoms with Gasteiger partial charge >= 0.3 is 6.18 Å². The molecule has 1 aliphatic rings. The lowest BCUT2D eigenvalue weighted by Crippen LogP contribution is -2.30. The molecule has 1 unspecified atom stereocenters. The molecule has 0 radical (unpaired) electrons. The molecule has 100 valence electrons. The van der Waals surface area contributed by atoms with Gasteiger partial charge in [-0.05, 0) is 44.3 Å². The number of nitrogens with one attached hydrogen (secondary N) is 1. The SMILES string of the molecule is FC(F)(F)c1ccnc(CCC2CCCNC2)n1. The van der Waals surface area contributed by atoms with Gasteiger partial charge in [0.05, 0.1) is 0 Å². The molecule has 2 heterocycles. The summed E-state index contributed by atoms with van der Waals surface area (Å²) in [5.74, 6) is 0.812. The van der Waals surface area contributed by atoms with Gasteiger partial charge in [0.25, 0.3) is 0 Å². The van der Waals surface area contributed by atoms with Crippen LogP contribution in [0.15, 0.2) is 12.3 Å². The van der Waals surface area contributed by atoms with Crippen molar-refractivity contribution in [2.24, 2.45) is 5.92 Å². The van der Waals surface area contributed by atoms with Gasteiger partial charge in [-0.1, -0.05) is 0 Å². The van der Waals surface area contributed by atoms with Crippen LogP contribution in [0.2, 0.25) is 0 Å². The molecule has 0 saturated carbocycles. The first-order valence-corrected chi connectivity index (χ1v) is 6.15. The van der Waals surface area contributed by atoms with Crippen LogP contribution in [0.3, 0.4) is 0 Å². The van der Waals surface area contributed by atoms with Gasteiger partial charge in [0.2, 0.25) is 0 Å². The molecule has 0 aromatic carbocycles. The summed E-state index contributed by atoms with van der Waals surface area (Å²) in [6.45, 7) is 1.98. The van der Waals surface area contributed by atoms with Gasteiger partial charge in [0.1, 0.15) is 11.5 Å². The smallest absolute Gasteiger partial charge is 0.316 e. The highest BCUT2D eigenvalue weighted by atomic mass is 19.4. The molecule has 1 aliphatic heterocycles. The van der Waals surface area contributed by atoms with E-state index in [-0.39, 0.29) is 5.82 Å². The van der Waals surface area contributed by atoms with Gasteiger partial charge in [-0.3, -0.25) is 0 Å². The highest BCUT2D eigenvalue weighted by Crippen LogP contribution is 2.27. The van der Waals surface area contributed by atoms with Crippen molar-refractivity contribution in [3.8, 4) is 0 Å². The summed E-state index contributed by atoms with van der Waals surface area (Å²) in [6, 6.07) is 0.908. The van der Waals surface area contributed by atoms with Crippen LogP contribution >= 0.6 is 0 Å². The zero-order valence-corrected chi connectivity index (χ0v) is 10.0. The number of hydrogen-bond donors (Lipinski definition) is 1. The van der Waals surface area contributed by atoms with Crippen LogP contribution in [-0.4, -0.2) is 23.1 Å². The number of rotatable bonds is 3. The average Bonchev–Trinajstić information content (AvgIpc) is 2.37. The zero-order valence-electron chi connectivity index (χ0n) is 10.0. The highest BCUT2D eigenvalue weighted by molar-refractivity contribution is 5.06. The molecule has 1 saturated heterocycles. The molecule has 1 atom stereocenters. The van der Waals surface area contributed by atoms with E-state index in [1.165, 1.54) is 6.20 Å². The number of hydrogen-bond acceptors (Lipinski definition) is 3. The van der Waals surface area contributed by atoms with Crippen LogP contribution in [0.5, 0.6) is 0 Å². The quantitative estimate of drug-likeness (QED) is 0.906. The highest BCUT2D eigenvalue weighted by Gasteiger charge is 2.32. The molecule has 1 aromatic heterocycles. The van der Waals surface area contributed by atoms with Gasteiger partial charge < -0.3 is 5.32 Å². The Bertz CT molecular complexity index is 386. The molecule has 18 heavy (non-hydrogen) atoms. The van der Waals surface area contributed by atoms with Gasteiger partial charge in [-0.15, -0.1) is 0 Å². The maximum atomic E-state index is 12.5. The first-order chi connectivity index (χ1) is 8.55. The summed E-state index contributed by atoms with van der Waals surface area (Å²) in [6.07, 6.45) is 0.416. The summed E-state index contributed by atoms with van der Waals surface area (Å²) in [4.78, 5) is 7.48. The number of aromatic nitrogens is 2. The Labute approximate surface area is 104 Å². The van der Waals surface area contributed by atoms with E-state index in [4.69, 9.17) is 0 Å². The maximum absolute atomic E-state index is 12.5. The molecule has 6 heteroatoms. The number of halogens is 3. The molecule has 1 N–H and O–H groups in total. The van der Waals surface area contributed by atoms with E-state index in [1.54, 1.807) is 0 Å². The standard InChI is InChI=1S/C12H16F3N3/c13-12(14,15)10-5-7-17-11(18-10)4-3-9-2-1-6-16-8-9/h5,7,9,16H,1-4,6,8H2. The van der Waals surface area contributed by atoms with E-state index in [9.17, 15) is 13.2 Å². The zero-order chi connectivity index (χ0) is 13.0. The minimum Gasteiger partial charge on any atom is -0.316 e. The average molecular weight is 259 g/mol. The fraction of sp³-hybridized carbons (Fsp3) is 0.667. The Morgan fingerprint density at radius 2 is 2.22 bits per heavy atom. The lowest BCUT2D eigenvalue weighted by atomic mass is 9.94. The Kier molecular flexibility index (Phi) is 4.16. The molecule has 1 aromatic rings. The number of alkyl halides is 3. The van der Waals surface area contributed by atoms with Crippen molar-refractivity contribution < 1.29 is 13.2 Å². The normalized spacial score (nSPS) is 20.9. The molecule has 3 nitrogen and oxygen atoms in total. The molecule has 0 aliphatic carbocycles. The van der Waals surface area contributed by atoms with E-state index in [2.05, 4.69) is 15.3 Å². The second kappa shape index (κ2) is 5.65. The topological polar surface area (TPSA) is 37.8 Å². The minimum atomic E-state index is -4.38. The third-order valence-corrected chi connectivity index (χ3v) is 3.17. The van der Waals surface area contributed by atoms with Gasteiger partial charge in [-0.2, -0.15) is 13.2 Å². The lowest BCUT2D eigenvalue weighted by Gasteiger charge is -2.22. The van der Waals surface area contributed by atoms with Crippen LogP contribution in [0, 0.1) is 5.92 Å². The monoisotopic (exact) mass is 259 g/mol. The van der Waals surface area contributed by atoms with Gasteiger partial charge in [0, 0.05) is 12.6 Å². The summed E-state index contributed by atoms with van der Waals surface area (Å²) < 4.78 is 37.4. The lowest BCUT2D eigenvalue weighted by molar-refractivity contribution is -0.141. The Morgan fingerprint density at radius 1 is 1.39 bits per heavy atom. The molecular weight excluding hydrogens is 243 g/mol. The van der Waals surface area contributed by atoms with E-state index in [1.807, 2.05) is 0 Å². The maximum Gasteiger partial charge on any atom is 0.433 e. The van der Waals surface area contributed by atoms with Crippen LogP contribution in [0.4, 0.5) is 13.2 Å². The Morgan fingerprint density at radius 3 is 2.89 bits per heavy atom. The van der Waals surface area contributed by atoms with Crippen molar-refractivity contribution in [1.29, 1.82) is 0 Å². The third kappa shape index (κ3) is 3.66. The van der Waals surface area contributed by atoms with Crippen LogP contribution in [0.1, 0.15) is 30.8 Å². The molecular formula is C12H16F3N3. The largest absolute Gasteiger partial charge is 0.433 e. The van der Waals surface area contributed by atoms with Crippen LogP contribution < -0.4 is 5.32 Å². The fourth-order valence-electron chi connectivity index (χ4n) is 2.18. The van der Waals surface area contributed by atoms with Crippen molar-refractivity contribution >= 4 is 0 Å². The van der Waals surface area contributed by atoms with Gasteiger partial charge in [-0.25, -0.2) is 9.97 Å². The van der Waals surface area contributed by atoms with E-state index >= 15 is 0 Å². The van der Waals surface area contributed by atoms with Crippen molar-refractivity contribution in [2.75, 3.05) is 13.1 Å². The van der Waals surface area contributed by atoms with E-state index in [0.717, 1.165) is 38.4 Å². The fourth-order valence-corrected chi connectivity index (χ4v) is 2.18. The summed E-state index contributed by atoms with van der Waals surface area (Å²) in [5.41, 5.74) is -0.853. The van der Waals surface area contributed by atoms with Crippen molar-refractivity contribution in [3.05, 3.63) is 23.8 Å². The van der Waals surface area contributed by atoms with E-state index < -0.39 is 11.9 Å². The molecule has 0 bridgehead atoms. The Balaban J connectivity index is 1.92. The van der Waals surface area contributed by atoms with Crippen LogP contribution in [-0.2, 0) is 12.6 Å². The second-order valence-electron chi connectivity index (χ2n) is 4.61. The van der Waals surface area contributed by atoms with Crippen LogP contribution in [0.25, 0.3) is 0 Å².